The van der Waals surface area contributed by atoms with E-state index in [4.69, 9.17) is 0 Å². The van der Waals surface area contributed by atoms with E-state index in [1.807, 2.05) is 18.7 Å². The number of hydrogen-bond donors (Lipinski definition) is 1. The number of hydrogen-bond acceptors (Lipinski definition) is 6. The summed E-state index contributed by atoms with van der Waals surface area (Å²) in [6.45, 7) is 6.69. The van der Waals surface area contributed by atoms with Crippen LogP contribution in [0.4, 0.5) is 18.9 Å². The average Bonchev–Trinajstić information content (AvgIpc) is 3.32. The summed E-state index contributed by atoms with van der Waals surface area (Å²) in [6.07, 6.45) is -4.84. The first-order valence-electron chi connectivity index (χ1n) is 11.1. The first kappa shape index (κ1) is 27.4. The fraction of sp³-hybridized carbons (Fsp3) is 0.522. The van der Waals surface area contributed by atoms with Crippen molar-refractivity contribution in [1.29, 1.82) is 0 Å². The number of carbonyl (C=O) groups is 1. The van der Waals surface area contributed by atoms with E-state index < -0.39 is 27.8 Å². The van der Waals surface area contributed by atoms with Crippen LogP contribution in [0.15, 0.2) is 46.0 Å². The van der Waals surface area contributed by atoms with E-state index in [0.717, 1.165) is 11.3 Å². The van der Waals surface area contributed by atoms with E-state index in [1.54, 1.807) is 22.4 Å². The average molecular weight is 534 g/mol. The highest BCUT2D eigenvalue weighted by atomic mass is 32.2. The molecule has 194 valence electrons. The van der Waals surface area contributed by atoms with Crippen LogP contribution in [0.1, 0.15) is 33.3 Å². The minimum absolute atomic E-state index is 0.110. The van der Waals surface area contributed by atoms with E-state index in [2.05, 4.69) is 0 Å². The highest BCUT2D eigenvalue weighted by Gasteiger charge is 2.51. The molecule has 7 nitrogen and oxygen atoms in total. The lowest BCUT2D eigenvalue weighted by atomic mass is 9.95. The largest absolute Gasteiger partial charge is 0.421 e. The molecule has 1 aromatic heterocycles. The SMILES string of the molecule is CC(=O)N(C[C@H]1CN(S(=O)(=O)c2cccs2)CCN1c1ccc([C@](C)(O)C(F)(F)F)cc1)C(C)C. The number of amides is 1. The number of rotatable bonds is 7. The molecule has 0 spiro atoms. The summed E-state index contributed by atoms with van der Waals surface area (Å²) >= 11 is 1.13. The molecule has 2 heterocycles. The van der Waals surface area contributed by atoms with Crippen molar-refractivity contribution in [3.63, 3.8) is 0 Å². The predicted octanol–water partition coefficient (Wildman–Crippen LogP) is 3.65. The summed E-state index contributed by atoms with van der Waals surface area (Å²) in [5.41, 5.74) is -2.71. The van der Waals surface area contributed by atoms with Crippen molar-refractivity contribution in [2.75, 3.05) is 31.1 Å². The Hall–Kier alpha value is -2.15. The topological polar surface area (TPSA) is 81.2 Å². The molecule has 0 saturated carbocycles. The number of anilines is 1. The fourth-order valence-corrected chi connectivity index (χ4v) is 6.76. The maximum Gasteiger partial charge on any atom is 0.421 e. The Balaban J connectivity index is 1.93. The Morgan fingerprint density at radius 2 is 1.83 bits per heavy atom. The lowest BCUT2D eigenvalue weighted by Gasteiger charge is -2.44. The first-order valence-corrected chi connectivity index (χ1v) is 13.5. The van der Waals surface area contributed by atoms with Crippen molar-refractivity contribution < 1.29 is 31.5 Å². The smallest absolute Gasteiger partial charge is 0.376 e. The van der Waals surface area contributed by atoms with Gasteiger partial charge in [-0.15, -0.1) is 11.3 Å². The van der Waals surface area contributed by atoms with E-state index >= 15 is 0 Å². The lowest BCUT2D eigenvalue weighted by molar-refractivity contribution is -0.258. The van der Waals surface area contributed by atoms with Gasteiger partial charge in [0.15, 0.2) is 5.60 Å². The van der Waals surface area contributed by atoms with Gasteiger partial charge in [0.2, 0.25) is 5.91 Å². The minimum Gasteiger partial charge on any atom is -0.376 e. The lowest BCUT2D eigenvalue weighted by Crippen LogP contribution is -2.59. The summed E-state index contributed by atoms with van der Waals surface area (Å²) < 4.78 is 67.6. The third-order valence-corrected chi connectivity index (χ3v) is 9.52. The normalized spacial score (nSPS) is 19.6. The molecule has 35 heavy (non-hydrogen) atoms. The van der Waals surface area contributed by atoms with Gasteiger partial charge in [0.1, 0.15) is 4.21 Å². The summed E-state index contributed by atoms with van der Waals surface area (Å²) in [4.78, 5) is 15.8. The summed E-state index contributed by atoms with van der Waals surface area (Å²) in [7, 11) is -3.71. The number of thiophene rings is 1. The van der Waals surface area contributed by atoms with Crippen LogP contribution in [0.5, 0.6) is 0 Å². The maximum atomic E-state index is 13.2. The Labute approximate surface area is 207 Å². The van der Waals surface area contributed by atoms with Gasteiger partial charge in [0, 0.05) is 44.8 Å². The molecular weight excluding hydrogens is 503 g/mol. The molecule has 3 rings (SSSR count). The van der Waals surface area contributed by atoms with Gasteiger partial charge in [0.25, 0.3) is 10.0 Å². The van der Waals surface area contributed by atoms with Crippen LogP contribution in [0, 0.1) is 0 Å². The quantitative estimate of drug-likeness (QED) is 0.588. The zero-order valence-electron chi connectivity index (χ0n) is 20.0. The Bertz CT molecular complexity index is 1120. The molecule has 0 aliphatic carbocycles. The minimum atomic E-state index is -4.84. The van der Waals surface area contributed by atoms with Crippen molar-refractivity contribution in [2.24, 2.45) is 0 Å². The fourth-order valence-electron chi connectivity index (χ4n) is 4.15. The molecule has 0 bridgehead atoms. The van der Waals surface area contributed by atoms with E-state index in [9.17, 15) is 31.5 Å². The van der Waals surface area contributed by atoms with Crippen LogP contribution in [-0.2, 0) is 20.4 Å². The highest BCUT2D eigenvalue weighted by Crippen LogP contribution is 2.39. The second kappa shape index (κ2) is 10.1. The third-order valence-electron chi connectivity index (χ3n) is 6.28. The molecule has 0 unspecified atom stereocenters. The van der Waals surface area contributed by atoms with Crippen LogP contribution < -0.4 is 4.90 Å². The molecule has 1 fully saturated rings. The highest BCUT2D eigenvalue weighted by molar-refractivity contribution is 7.91. The van der Waals surface area contributed by atoms with Crippen molar-refractivity contribution in [2.45, 2.75) is 55.8 Å². The van der Waals surface area contributed by atoms with Gasteiger partial charge in [-0.2, -0.15) is 17.5 Å². The second-order valence-electron chi connectivity index (χ2n) is 9.02. The number of sulfonamides is 1. The number of piperazine rings is 1. The third kappa shape index (κ3) is 5.65. The number of aliphatic hydroxyl groups is 1. The number of alkyl halides is 3. The molecule has 2 aromatic rings. The van der Waals surface area contributed by atoms with Gasteiger partial charge in [-0.05, 0) is 49.9 Å². The van der Waals surface area contributed by atoms with Gasteiger partial charge in [-0.1, -0.05) is 18.2 Å². The van der Waals surface area contributed by atoms with Gasteiger partial charge < -0.3 is 14.9 Å². The number of halogens is 3. The summed E-state index contributed by atoms with van der Waals surface area (Å²) in [6, 6.07) is 8.07. The molecule has 12 heteroatoms. The zero-order valence-corrected chi connectivity index (χ0v) is 21.6. The molecule has 2 atom stereocenters. The molecule has 1 aliphatic heterocycles. The number of carbonyl (C=O) groups excluding carboxylic acids is 1. The molecule has 1 saturated heterocycles. The second-order valence-corrected chi connectivity index (χ2v) is 12.1. The molecule has 1 aromatic carbocycles. The number of nitrogens with zero attached hydrogens (tertiary/aromatic N) is 3. The number of benzene rings is 1. The Kier molecular flexibility index (Phi) is 7.90. The van der Waals surface area contributed by atoms with Gasteiger partial charge in [0.05, 0.1) is 6.04 Å². The van der Waals surface area contributed by atoms with Crippen molar-refractivity contribution in [3.8, 4) is 0 Å². The van der Waals surface area contributed by atoms with E-state index in [0.29, 0.717) is 12.6 Å². The molecule has 1 aliphatic rings. The van der Waals surface area contributed by atoms with Crippen LogP contribution in [0.25, 0.3) is 0 Å². The molecular formula is C23H30F3N3O4S2. The monoisotopic (exact) mass is 533 g/mol. The summed E-state index contributed by atoms with van der Waals surface area (Å²) in [5, 5.41) is 11.7. The molecule has 1 amide bonds. The summed E-state index contributed by atoms with van der Waals surface area (Å²) in [5.74, 6) is -0.158. The molecule has 0 radical (unpaired) electrons. The standard InChI is InChI=1S/C23H30F3N3O4S2/c1-16(2)29(17(3)30)15-20-14-27(35(32,33)21-6-5-13-34-21)11-12-28(20)19-9-7-18(8-10-19)22(4,31)23(24,25)26/h5-10,13,16,20,31H,11-12,14-15H2,1-4H3/t20-,22+/m1/s1. The Morgan fingerprint density at radius 3 is 2.31 bits per heavy atom. The Morgan fingerprint density at radius 1 is 1.20 bits per heavy atom. The predicted molar refractivity (Wildman–Crippen MR) is 129 cm³/mol. The van der Waals surface area contributed by atoms with Crippen LogP contribution in [-0.4, -0.2) is 73.1 Å². The van der Waals surface area contributed by atoms with Crippen LogP contribution in [0.2, 0.25) is 0 Å². The van der Waals surface area contributed by atoms with Crippen molar-refractivity contribution in [1.82, 2.24) is 9.21 Å². The van der Waals surface area contributed by atoms with E-state index in [-0.39, 0.29) is 47.9 Å². The van der Waals surface area contributed by atoms with Crippen LogP contribution >= 0.6 is 11.3 Å². The van der Waals surface area contributed by atoms with Gasteiger partial charge in [-0.3, -0.25) is 4.79 Å². The van der Waals surface area contributed by atoms with Crippen molar-refractivity contribution in [3.05, 3.63) is 47.3 Å². The van der Waals surface area contributed by atoms with Crippen molar-refractivity contribution >= 4 is 33.0 Å². The van der Waals surface area contributed by atoms with E-state index in [1.165, 1.54) is 35.5 Å². The first-order chi connectivity index (χ1) is 16.2. The van der Waals surface area contributed by atoms with Crippen LogP contribution in [0.3, 0.4) is 0 Å². The van der Waals surface area contributed by atoms with Gasteiger partial charge >= 0.3 is 6.18 Å². The maximum absolute atomic E-state index is 13.2. The van der Waals surface area contributed by atoms with Gasteiger partial charge in [-0.25, -0.2) is 8.42 Å². The molecule has 1 N–H and O–H groups in total. The zero-order chi connectivity index (χ0) is 26.2.